The van der Waals surface area contributed by atoms with Crippen LogP contribution < -0.4 is 5.32 Å². The minimum Gasteiger partial charge on any atom is -0.454 e. The average Bonchev–Trinajstić information content (AvgIpc) is 3.63. The predicted octanol–water partition coefficient (Wildman–Crippen LogP) is 17.6. The van der Waals surface area contributed by atoms with Crippen molar-refractivity contribution >= 4 is 11.9 Å². The lowest BCUT2D eigenvalue weighted by atomic mass is 9.99. The van der Waals surface area contributed by atoms with Gasteiger partial charge in [0.2, 0.25) is 5.91 Å². The molecule has 0 aromatic carbocycles. The van der Waals surface area contributed by atoms with E-state index in [9.17, 15) is 35.1 Å². The van der Waals surface area contributed by atoms with E-state index >= 15 is 0 Å². The summed E-state index contributed by atoms with van der Waals surface area (Å²) in [6.07, 6.45) is 72.6. The quantitative estimate of drug-likeness (QED) is 0.0195. The minimum atomic E-state index is -1.62. The van der Waals surface area contributed by atoms with Crippen LogP contribution in [0.2, 0.25) is 0 Å². The first-order valence-electron chi connectivity index (χ1n) is 34.7. The number of carbonyl (C=O) groups is 2. The van der Waals surface area contributed by atoms with Crippen LogP contribution in [-0.2, 0) is 23.8 Å². The normalized spacial score (nSPS) is 19.1. The molecule has 11 nitrogen and oxygen atoms in total. The summed E-state index contributed by atoms with van der Waals surface area (Å²) in [6, 6.07) is -1.04. The first kappa shape index (κ1) is 79.3. The van der Waals surface area contributed by atoms with E-state index in [-0.39, 0.29) is 19.4 Å². The van der Waals surface area contributed by atoms with E-state index in [1.165, 1.54) is 96.3 Å². The highest BCUT2D eigenvalue weighted by molar-refractivity contribution is 5.80. The zero-order valence-electron chi connectivity index (χ0n) is 54.2. The molecule has 1 aliphatic heterocycles. The Morgan fingerprint density at radius 1 is 0.471 bits per heavy atom. The van der Waals surface area contributed by atoms with Gasteiger partial charge in [-0.1, -0.05) is 278 Å². The van der Waals surface area contributed by atoms with E-state index in [0.717, 1.165) is 141 Å². The molecular formula is C74H127NO10. The van der Waals surface area contributed by atoms with E-state index in [0.29, 0.717) is 12.8 Å². The summed E-state index contributed by atoms with van der Waals surface area (Å²) in [6.45, 7) is 5.65. The van der Waals surface area contributed by atoms with Crippen molar-refractivity contribution in [2.45, 2.75) is 333 Å². The van der Waals surface area contributed by atoms with Gasteiger partial charge in [0.05, 0.1) is 25.4 Å². The molecule has 0 aromatic rings. The van der Waals surface area contributed by atoms with E-state index < -0.39 is 67.4 Å². The third kappa shape index (κ3) is 48.0. The van der Waals surface area contributed by atoms with Crippen LogP contribution in [0.15, 0.2) is 109 Å². The highest BCUT2D eigenvalue weighted by atomic mass is 16.7. The Balaban J connectivity index is 2.60. The number of carbonyl (C=O) groups excluding carboxylic acids is 2. The molecule has 0 aromatic heterocycles. The molecule has 8 unspecified atom stereocenters. The Kier molecular flexibility index (Phi) is 56.6. The van der Waals surface area contributed by atoms with E-state index in [4.69, 9.17) is 14.2 Å². The molecular weight excluding hydrogens is 1060 g/mol. The van der Waals surface area contributed by atoms with Crippen molar-refractivity contribution in [3.8, 4) is 0 Å². The molecule has 488 valence electrons. The van der Waals surface area contributed by atoms with Crippen LogP contribution in [0.25, 0.3) is 0 Å². The maximum atomic E-state index is 13.5. The van der Waals surface area contributed by atoms with Crippen molar-refractivity contribution in [3.63, 3.8) is 0 Å². The third-order valence-electron chi connectivity index (χ3n) is 15.7. The number of esters is 1. The van der Waals surface area contributed by atoms with Crippen molar-refractivity contribution < 1.29 is 49.3 Å². The van der Waals surface area contributed by atoms with Crippen molar-refractivity contribution in [1.29, 1.82) is 0 Å². The number of nitrogens with one attached hydrogen (secondary N) is 1. The Morgan fingerprint density at radius 3 is 1.29 bits per heavy atom. The van der Waals surface area contributed by atoms with Crippen LogP contribution in [0.1, 0.15) is 284 Å². The number of amides is 1. The van der Waals surface area contributed by atoms with E-state index in [2.05, 4.69) is 123 Å². The van der Waals surface area contributed by atoms with E-state index in [1.54, 1.807) is 6.08 Å². The number of aliphatic hydroxyl groups is 5. The Morgan fingerprint density at radius 2 is 0.847 bits per heavy atom. The van der Waals surface area contributed by atoms with Crippen LogP contribution in [0, 0.1) is 0 Å². The molecule has 1 fully saturated rings. The van der Waals surface area contributed by atoms with Gasteiger partial charge in [-0.25, -0.2) is 0 Å². The molecule has 6 N–H and O–H groups in total. The lowest BCUT2D eigenvalue weighted by Crippen LogP contribution is -2.61. The van der Waals surface area contributed by atoms with Gasteiger partial charge in [-0.2, -0.15) is 0 Å². The zero-order chi connectivity index (χ0) is 61.7. The number of hydrogen-bond acceptors (Lipinski definition) is 10. The van der Waals surface area contributed by atoms with Crippen molar-refractivity contribution in [1.82, 2.24) is 5.32 Å². The van der Waals surface area contributed by atoms with Gasteiger partial charge in [0.15, 0.2) is 12.4 Å². The first-order valence-corrected chi connectivity index (χ1v) is 34.7. The van der Waals surface area contributed by atoms with Crippen LogP contribution >= 0.6 is 0 Å². The van der Waals surface area contributed by atoms with Crippen LogP contribution in [0.5, 0.6) is 0 Å². The highest BCUT2D eigenvalue weighted by Crippen LogP contribution is 2.26. The van der Waals surface area contributed by atoms with Gasteiger partial charge in [-0.15, -0.1) is 0 Å². The number of allylic oxidation sites excluding steroid dienone is 17. The van der Waals surface area contributed by atoms with Crippen molar-refractivity contribution in [2.75, 3.05) is 13.2 Å². The summed E-state index contributed by atoms with van der Waals surface area (Å²) < 4.78 is 17.7. The molecule has 1 amide bonds. The fraction of sp³-hybridized carbons (Fsp3) is 0.730. The summed E-state index contributed by atoms with van der Waals surface area (Å²) >= 11 is 0. The molecule has 1 saturated heterocycles. The maximum absolute atomic E-state index is 13.5. The molecule has 0 bridgehead atoms. The van der Waals surface area contributed by atoms with Gasteiger partial charge in [0, 0.05) is 6.42 Å². The molecule has 1 heterocycles. The number of rotatable bonds is 58. The molecule has 0 radical (unpaired) electrons. The standard InChI is InChI=1S/C74H127NO10/c1-4-7-10-13-16-19-22-24-26-28-30-32-34-36-38-40-42-44-47-50-53-56-59-62-69(79)85-72-71(81)70(80)68(63-76)84-74(72)83-64-65(66(77)60-57-54-51-48-45-21-18-15-12-9-6-3)75-73(82)67(78)61-58-55-52-49-46-43-41-39-37-35-33-31-29-27-25-23-20-17-14-11-8-5-2/h8,11,16-17,19-20,24-27,30-33,37,39,57,60,65-68,70-72,74,76-78,80-81H,4-7,9-10,12-15,18,21-23,28-29,34-36,38,40-56,58-59,61-64H2,1-3H3,(H,75,82)/b11-8-,19-16-,20-17-,26-24-,27-25-,32-30-,33-31-,39-37-,60-57+. The highest BCUT2D eigenvalue weighted by Gasteiger charge is 2.47. The van der Waals surface area contributed by atoms with Crippen LogP contribution in [0.4, 0.5) is 0 Å². The Bertz CT molecular complexity index is 1800. The molecule has 85 heavy (non-hydrogen) atoms. The molecule has 8 atom stereocenters. The van der Waals surface area contributed by atoms with Gasteiger partial charge in [-0.05, 0) is 109 Å². The Hall–Kier alpha value is -3.68. The molecule has 11 heteroatoms. The van der Waals surface area contributed by atoms with Gasteiger partial charge in [0.25, 0.3) is 0 Å². The zero-order valence-corrected chi connectivity index (χ0v) is 54.2. The maximum Gasteiger partial charge on any atom is 0.306 e. The lowest BCUT2D eigenvalue weighted by molar-refractivity contribution is -0.305. The van der Waals surface area contributed by atoms with Gasteiger partial charge in [-0.3, -0.25) is 9.59 Å². The van der Waals surface area contributed by atoms with Crippen molar-refractivity contribution in [2.24, 2.45) is 0 Å². The van der Waals surface area contributed by atoms with E-state index in [1.807, 2.05) is 6.08 Å². The largest absolute Gasteiger partial charge is 0.454 e. The SMILES string of the molecule is CC/C=C\C/C=C\C/C=C\C/C=C\C/C=C\CCCCCCCCC(O)C(=O)NC(COC1OC(CO)C(O)C(O)C1OC(=O)CCCCCCCCCCCC/C=C\C/C=C\C/C=C\CCCCC)C(O)/C=C/CCCCCCCCCCC. The fourth-order valence-corrected chi connectivity index (χ4v) is 10.2. The molecule has 0 spiro atoms. The lowest BCUT2D eigenvalue weighted by Gasteiger charge is -2.41. The second-order valence-electron chi connectivity index (χ2n) is 23.5. The summed E-state index contributed by atoms with van der Waals surface area (Å²) in [5, 5.41) is 57.2. The minimum absolute atomic E-state index is 0.113. The van der Waals surface area contributed by atoms with Crippen LogP contribution in [0.3, 0.4) is 0 Å². The van der Waals surface area contributed by atoms with Crippen molar-refractivity contribution in [3.05, 3.63) is 109 Å². The summed E-state index contributed by atoms with van der Waals surface area (Å²) in [7, 11) is 0. The number of unbranched alkanes of at least 4 members (excludes halogenated alkanes) is 28. The smallest absolute Gasteiger partial charge is 0.306 e. The van der Waals surface area contributed by atoms with Gasteiger partial charge in [0.1, 0.15) is 24.4 Å². The third-order valence-corrected chi connectivity index (χ3v) is 15.7. The first-order chi connectivity index (χ1) is 41.7. The topological polar surface area (TPSA) is 175 Å². The fourth-order valence-electron chi connectivity index (χ4n) is 10.2. The molecule has 0 aliphatic carbocycles. The average molecular weight is 1190 g/mol. The Labute approximate surface area is 519 Å². The van der Waals surface area contributed by atoms with Crippen LogP contribution in [-0.4, -0.2) is 99.6 Å². The number of ether oxygens (including phenoxy) is 3. The summed E-state index contributed by atoms with van der Waals surface area (Å²) in [5.41, 5.74) is 0. The second-order valence-corrected chi connectivity index (χ2v) is 23.5. The molecule has 1 aliphatic rings. The predicted molar refractivity (Wildman–Crippen MR) is 356 cm³/mol. The summed E-state index contributed by atoms with van der Waals surface area (Å²) in [4.78, 5) is 26.7. The monoisotopic (exact) mass is 1190 g/mol. The molecule has 0 saturated carbocycles. The van der Waals surface area contributed by atoms with Gasteiger partial charge >= 0.3 is 5.97 Å². The summed E-state index contributed by atoms with van der Waals surface area (Å²) in [5.74, 6) is -1.21. The number of aliphatic hydroxyl groups excluding tert-OH is 5. The molecule has 1 rings (SSSR count). The number of hydrogen-bond donors (Lipinski definition) is 6. The second kappa shape index (κ2) is 60.6. The van der Waals surface area contributed by atoms with Gasteiger partial charge < -0.3 is 45.1 Å².